The van der Waals surface area contributed by atoms with E-state index < -0.39 is 0 Å². The SMILES string of the molecule is Cc1cc2c(Br)ccc(Cl)c2c(=O)[nH]1. The quantitative estimate of drug-likeness (QED) is 0.784. The Bertz CT molecular complexity index is 562. The molecular formula is C10H7BrClNO. The van der Waals surface area contributed by atoms with Gasteiger partial charge in [-0.25, -0.2) is 0 Å². The summed E-state index contributed by atoms with van der Waals surface area (Å²) in [6, 6.07) is 5.44. The van der Waals surface area contributed by atoms with Crippen molar-refractivity contribution >= 4 is 38.3 Å². The number of aromatic amines is 1. The van der Waals surface area contributed by atoms with E-state index in [1.54, 1.807) is 6.07 Å². The van der Waals surface area contributed by atoms with Crippen LogP contribution in [0.3, 0.4) is 0 Å². The van der Waals surface area contributed by atoms with E-state index >= 15 is 0 Å². The zero-order valence-corrected chi connectivity index (χ0v) is 9.74. The third-order valence-electron chi connectivity index (χ3n) is 2.04. The van der Waals surface area contributed by atoms with Crippen molar-refractivity contribution in [3.8, 4) is 0 Å². The minimum absolute atomic E-state index is 0.147. The predicted molar refractivity (Wildman–Crippen MR) is 62.0 cm³/mol. The number of halogens is 2. The Morgan fingerprint density at radius 3 is 2.86 bits per heavy atom. The highest BCUT2D eigenvalue weighted by Crippen LogP contribution is 2.27. The van der Waals surface area contributed by atoms with E-state index in [9.17, 15) is 4.79 Å². The minimum atomic E-state index is -0.147. The predicted octanol–water partition coefficient (Wildman–Crippen LogP) is 3.25. The highest BCUT2D eigenvalue weighted by molar-refractivity contribution is 9.10. The average molecular weight is 273 g/mol. The highest BCUT2D eigenvalue weighted by atomic mass is 79.9. The second-order valence-corrected chi connectivity index (χ2v) is 4.36. The molecule has 0 spiro atoms. The van der Waals surface area contributed by atoms with Gasteiger partial charge in [-0.05, 0) is 25.1 Å². The lowest BCUT2D eigenvalue weighted by molar-refractivity contribution is 1.17. The molecule has 1 heterocycles. The van der Waals surface area contributed by atoms with Crippen LogP contribution in [-0.4, -0.2) is 4.98 Å². The van der Waals surface area contributed by atoms with Crippen LogP contribution in [0.2, 0.25) is 5.02 Å². The van der Waals surface area contributed by atoms with Gasteiger partial charge in [0.15, 0.2) is 0 Å². The molecule has 1 N–H and O–H groups in total. The Balaban J connectivity index is 3.08. The van der Waals surface area contributed by atoms with E-state index in [0.717, 1.165) is 15.6 Å². The molecule has 4 heteroatoms. The molecule has 14 heavy (non-hydrogen) atoms. The van der Waals surface area contributed by atoms with Gasteiger partial charge in [-0.3, -0.25) is 4.79 Å². The van der Waals surface area contributed by atoms with E-state index in [-0.39, 0.29) is 5.56 Å². The Morgan fingerprint density at radius 2 is 2.14 bits per heavy atom. The molecule has 0 atom stereocenters. The van der Waals surface area contributed by atoms with Crippen molar-refractivity contribution in [2.24, 2.45) is 0 Å². The lowest BCUT2D eigenvalue weighted by Crippen LogP contribution is -2.07. The van der Waals surface area contributed by atoms with Crippen molar-refractivity contribution in [3.63, 3.8) is 0 Å². The molecule has 72 valence electrons. The molecular weight excluding hydrogens is 265 g/mol. The van der Waals surface area contributed by atoms with Gasteiger partial charge < -0.3 is 4.98 Å². The van der Waals surface area contributed by atoms with Gasteiger partial charge in [-0.2, -0.15) is 0 Å². The monoisotopic (exact) mass is 271 g/mol. The topological polar surface area (TPSA) is 32.9 Å². The largest absolute Gasteiger partial charge is 0.326 e. The van der Waals surface area contributed by atoms with E-state index in [0.29, 0.717) is 10.4 Å². The first kappa shape index (κ1) is 9.74. The van der Waals surface area contributed by atoms with Gasteiger partial charge in [0, 0.05) is 15.6 Å². The fraction of sp³-hybridized carbons (Fsp3) is 0.100. The van der Waals surface area contributed by atoms with Crippen LogP contribution in [0, 0.1) is 6.92 Å². The van der Waals surface area contributed by atoms with Crippen molar-refractivity contribution in [1.82, 2.24) is 4.98 Å². The number of fused-ring (bicyclic) bond motifs is 1. The fourth-order valence-electron chi connectivity index (χ4n) is 1.43. The molecule has 0 aliphatic heterocycles. The maximum atomic E-state index is 11.6. The number of pyridine rings is 1. The summed E-state index contributed by atoms with van der Waals surface area (Å²) in [5.74, 6) is 0. The van der Waals surface area contributed by atoms with Gasteiger partial charge in [0.05, 0.1) is 10.4 Å². The van der Waals surface area contributed by atoms with Gasteiger partial charge >= 0.3 is 0 Å². The molecule has 1 aromatic carbocycles. The molecule has 0 radical (unpaired) electrons. The normalized spacial score (nSPS) is 10.8. The van der Waals surface area contributed by atoms with Crippen molar-refractivity contribution in [2.45, 2.75) is 6.92 Å². The zero-order valence-electron chi connectivity index (χ0n) is 7.40. The van der Waals surface area contributed by atoms with Crippen LogP contribution in [0.15, 0.2) is 27.5 Å². The average Bonchev–Trinajstić information content (AvgIpc) is 2.10. The number of hydrogen-bond acceptors (Lipinski definition) is 1. The van der Waals surface area contributed by atoms with Crippen LogP contribution in [0.1, 0.15) is 5.69 Å². The fourth-order valence-corrected chi connectivity index (χ4v) is 2.13. The maximum absolute atomic E-state index is 11.6. The van der Waals surface area contributed by atoms with Crippen LogP contribution in [0.25, 0.3) is 10.8 Å². The smallest absolute Gasteiger partial charge is 0.257 e. The number of H-pyrrole nitrogens is 1. The molecule has 1 aromatic heterocycles. The van der Waals surface area contributed by atoms with Crippen LogP contribution in [0.5, 0.6) is 0 Å². The summed E-state index contributed by atoms with van der Waals surface area (Å²) in [6.07, 6.45) is 0. The van der Waals surface area contributed by atoms with Crippen molar-refractivity contribution < 1.29 is 0 Å². The molecule has 0 saturated carbocycles. The maximum Gasteiger partial charge on any atom is 0.257 e. The number of rotatable bonds is 0. The first-order valence-electron chi connectivity index (χ1n) is 4.07. The summed E-state index contributed by atoms with van der Waals surface area (Å²) in [4.78, 5) is 14.3. The molecule has 2 aromatic rings. The van der Waals surface area contributed by atoms with Gasteiger partial charge in [0.1, 0.15) is 0 Å². The van der Waals surface area contributed by atoms with Crippen molar-refractivity contribution in [2.75, 3.05) is 0 Å². The van der Waals surface area contributed by atoms with Crippen LogP contribution in [-0.2, 0) is 0 Å². The molecule has 0 saturated heterocycles. The number of benzene rings is 1. The Labute approximate surface area is 94.0 Å². The second kappa shape index (κ2) is 3.41. The molecule has 0 fully saturated rings. The zero-order chi connectivity index (χ0) is 10.3. The first-order chi connectivity index (χ1) is 6.59. The number of aromatic nitrogens is 1. The molecule has 0 aliphatic carbocycles. The highest BCUT2D eigenvalue weighted by Gasteiger charge is 2.07. The minimum Gasteiger partial charge on any atom is -0.326 e. The molecule has 2 nitrogen and oxygen atoms in total. The Kier molecular flexibility index (Phi) is 2.37. The Morgan fingerprint density at radius 1 is 1.43 bits per heavy atom. The van der Waals surface area contributed by atoms with Crippen LogP contribution < -0.4 is 5.56 Å². The summed E-state index contributed by atoms with van der Waals surface area (Å²) in [7, 11) is 0. The third kappa shape index (κ3) is 1.47. The molecule has 2 rings (SSSR count). The second-order valence-electron chi connectivity index (χ2n) is 3.10. The Hall–Kier alpha value is -0.800. The molecule has 0 unspecified atom stereocenters. The number of nitrogens with one attached hydrogen (secondary N) is 1. The lowest BCUT2D eigenvalue weighted by Gasteiger charge is -2.03. The molecule has 0 aliphatic rings. The van der Waals surface area contributed by atoms with E-state index in [1.165, 1.54) is 0 Å². The third-order valence-corrected chi connectivity index (χ3v) is 3.05. The van der Waals surface area contributed by atoms with Gasteiger partial charge in [-0.15, -0.1) is 0 Å². The van der Waals surface area contributed by atoms with Gasteiger partial charge in [0.2, 0.25) is 0 Å². The number of hydrogen-bond donors (Lipinski definition) is 1. The first-order valence-corrected chi connectivity index (χ1v) is 5.24. The summed E-state index contributed by atoms with van der Waals surface area (Å²) < 4.78 is 0.881. The summed E-state index contributed by atoms with van der Waals surface area (Å²) in [6.45, 7) is 1.84. The lowest BCUT2D eigenvalue weighted by atomic mass is 10.1. The van der Waals surface area contributed by atoms with E-state index in [2.05, 4.69) is 20.9 Å². The van der Waals surface area contributed by atoms with Crippen molar-refractivity contribution in [1.29, 1.82) is 0 Å². The van der Waals surface area contributed by atoms with Crippen LogP contribution >= 0.6 is 27.5 Å². The summed E-state index contributed by atoms with van der Waals surface area (Å²) in [5.41, 5.74) is 0.678. The van der Waals surface area contributed by atoms with Gasteiger partial charge in [0.25, 0.3) is 5.56 Å². The summed E-state index contributed by atoms with van der Waals surface area (Å²) in [5, 5.41) is 1.86. The summed E-state index contributed by atoms with van der Waals surface area (Å²) >= 11 is 9.33. The molecule has 0 bridgehead atoms. The molecule has 0 amide bonds. The van der Waals surface area contributed by atoms with Crippen LogP contribution in [0.4, 0.5) is 0 Å². The van der Waals surface area contributed by atoms with E-state index in [1.807, 2.05) is 19.1 Å². The number of aryl methyl sites for hydroxylation is 1. The van der Waals surface area contributed by atoms with Crippen molar-refractivity contribution in [3.05, 3.63) is 43.7 Å². The standard InChI is InChI=1S/C10H7BrClNO/c1-5-4-6-7(11)2-3-8(12)9(6)10(14)13-5/h2-4H,1H3,(H,13,14). The van der Waals surface area contributed by atoms with Gasteiger partial charge in [-0.1, -0.05) is 27.5 Å². The van der Waals surface area contributed by atoms with E-state index in [4.69, 9.17) is 11.6 Å².